The van der Waals surface area contributed by atoms with Gasteiger partial charge in [0.2, 0.25) is 0 Å². The van der Waals surface area contributed by atoms with Crippen LogP contribution in [0.1, 0.15) is 31.2 Å². The summed E-state index contributed by atoms with van der Waals surface area (Å²) in [7, 11) is 3.28. The average molecular weight is 279 g/mol. The monoisotopic (exact) mass is 279 g/mol. The second kappa shape index (κ2) is 7.50. The van der Waals surface area contributed by atoms with Crippen LogP contribution in [0, 0.1) is 0 Å². The van der Waals surface area contributed by atoms with E-state index in [0.29, 0.717) is 0 Å². The van der Waals surface area contributed by atoms with Gasteiger partial charge >= 0.3 is 0 Å². The largest absolute Gasteiger partial charge is 0.493 e. The van der Waals surface area contributed by atoms with Crippen molar-refractivity contribution >= 4 is 0 Å². The zero-order chi connectivity index (χ0) is 14.4. The Kier molecular flexibility index (Phi) is 5.68. The minimum atomic E-state index is -0.330. The van der Waals surface area contributed by atoms with Gasteiger partial charge in [0.15, 0.2) is 11.5 Å². The van der Waals surface area contributed by atoms with E-state index in [1.54, 1.807) is 14.2 Å². The second-order valence-electron chi connectivity index (χ2n) is 5.31. The zero-order valence-corrected chi connectivity index (χ0v) is 12.5. The minimum Gasteiger partial charge on any atom is -0.493 e. The number of aliphatic hydroxyl groups is 1. The highest BCUT2D eigenvalue weighted by atomic mass is 16.5. The SMILES string of the molecule is COc1ccc(CCC(O)N2CCCCC2)cc1OC. The number of aryl methyl sites for hydroxylation is 1. The smallest absolute Gasteiger partial charge is 0.160 e. The molecule has 0 amide bonds. The maximum atomic E-state index is 10.2. The molecule has 1 unspecified atom stereocenters. The molecule has 20 heavy (non-hydrogen) atoms. The molecule has 0 spiro atoms. The zero-order valence-electron chi connectivity index (χ0n) is 12.5. The van der Waals surface area contributed by atoms with Crippen LogP contribution in [0.5, 0.6) is 11.5 Å². The van der Waals surface area contributed by atoms with Crippen LogP contribution < -0.4 is 9.47 Å². The molecule has 1 N–H and O–H groups in total. The van der Waals surface area contributed by atoms with E-state index in [-0.39, 0.29) is 6.23 Å². The molecule has 1 aromatic carbocycles. The molecule has 0 radical (unpaired) electrons. The summed E-state index contributed by atoms with van der Waals surface area (Å²) in [5.74, 6) is 1.49. The molecule has 0 aromatic heterocycles. The lowest BCUT2D eigenvalue weighted by Crippen LogP contribution is -2.39. The summed E-state index contributed by atoms with van der Waals surface area (Å²) in [5, 5.41) is 10.2. The van der Waals surface area contributed by atoms with Crippen molar-refractivity contribution in [3.63, 3.8) is 0 Å². The number of likely N-dealkylation sites (tertiary alicyclic amines) is 1. The first kappa shape index (κ1) is 15.1. The van der Waals surface area contributed by atoms with Crippen molar-refractivity contribution in [2.45, 2.75) is 38.3 Å². The molecule has 1 aliphatic rings. The lowest BCUT2D eigenvalue weighted by atomic mass is 10.1. The van der Waals surface area contributed by atoms with Gasteiger partial charge in [-0.1, -0.05) is 12.5 Å². The maximum absolute atomic E-state index is 10.2. The van der Waals surface area contributed by atoms with E-state index in [1.807, 2.05) is 18.2 Å². The van der Waals surface area contributed by atoms with Crippen LogP contribution in [0.4, 0.5) is 0 Å². The fraction of sp³-hybridized carbons (Fsp3) is 0.625. The van der Waals surface area contributed by atoms with Crippen LogP contribution in [0.2, 0.25) is 0 Å². The van der Waals surface area contributed by atoms with E-state index in [0.717, 1.165) is 37.4 Å². The van der Waals surface area contributed by atoms with Gasteiger partial charge in [0.05, 0.1) is 14.2 Å². The summed E-state index contributed by atoms with van der Waals surface area (Å²) in [6, 6.07) is 5.94. The predicted octanol–water partition coefficient (Wildman–Crippen LogP) is 2.44. The summed E-state index contributed by atoms with van der Waals surface area (Å²) >= 11 is 0. The van der Waals surface area contributed by atoms with Crippen LogP contribution >= 0.6 is 0 Å². The van der Waals surface area contributed by atoms with Gasteiger partial charge in [0.1, 0.15) is 6.23 Å². The Labute approximate surface area is 121 Å². The average Bonchev–Trinajstić information content (AvgIpc) is 2.53. The fourth-order valence-electron chi connectivity index (χ4n) is 2.73. The Morgan fingerprint density at radius 3 is 2.45 bits per heavy atom. The highest BCUT2D eigenvalue weighted by Gasteiger charge is 2.18. The summed E-state index contributed by atoms with van der Waals surface area (Å²) in [6.45, 7) is 2.04. The highest BCUT2D eigenvalue weighted by Crippen LogP contribution is 2.28. The van der Waals surface area contributed by atoms with E-state index in [2.05, 4.69) is 4.90 Å². The lowest BCUT2D eigenvalue weighted by molar-refractivity contribution is -0.0130. The Hall–Kier alpha value is -1.26. The fourth-order valence-corrected chi connectivity index (χ4v) is 2.73. The van der Waals surface area contributed by atoms with Crippen molar-refractivity contribution < 1.29 is 14.6 Å². The highest BCUT2D eigenvalue weighted by molar-refractivity contribution is 5.42. The molecule has 1 heterocycles. The van der Waals surface area contributed by atoms with E-state index in [4.69, 9.17) is 9.47 Å². The molecule has 0 bridgehead atoms. The van der Waals surface area contributed by atoms with E-state index in [1.165, 1.54) is 24.8 Å². The lowest BCUT2D eigenvalue weighted by Gasteiger charge is -2.31. The van der Waals surface area contributed by atoms with Crippen molar-refractivity contribution in [2.75, 3.05) is 27.3 Å². The quantitative estimate of drug-likeness (QED) is 0.868. The van der Waals surface area contributed by atoms with Crippen molar-refractivity contribution in [1.82, 2.24) is 4.90 Å². The molecule has 1 aromatic rings. The topological polar surface area (TPSA) is 41.9 Å². The molecule has 2 rings (SSSR count). The molecule has 4 nitrogen and oxygen atoms in total. The third-order valence-electron chi connectivity index (χ3n) is 3.95. The van der Waals surface area contributed by atoms with Gasteiger partial charge in [-0.2, -0.15) is 0 Å². The third kappa shape index (κ3) is 3.87. The minimum absolute atomic E-state index is 0.330. The van der Waals surface area contributed by atoms with Crippen molar-refractivity contribution in [3.05, 3.63) is 23.8 Å². The first-order chi connectivity index (χ1) is 9.74. The Bertz CT molecular complexity index is 416. The Morgan fingerprint density at radius 2 is 1.80 bits per heavy atom. The van der Waals surface area contributed by atoms with E-state index >= 15 is 0 Å². The summed E-state index contributed by atoms with van der Waals surface area (Å²) < 4.78 is 10.5. The van der Waals surface area contributed by atoms with Gasteiger partial charge in [0.25, 0.3) is 0 Å². The first-order valence-corrected chi connectivity index (χ1v) is 7.37. The number of ether oxygens (including phenoxy) is 2. The number of benzene rings is 1. The molecular formula is C16H25NO3. The Balaban J connectivity index is 1.89. The van der Waals surface area contributed by atoms with Gasteiger partial charge in [-0.25, -0.2) is 0 Å². The van der Waals surface area contributed by atoms with Gasteiger partial charge in [-0.3, -0.25) is 4.90 Å². The van der Waals surface area contributed by atoms with Gasteiger partial charge in [-0.05, 0) is 43.4 Å². The molecule has 1 fully saturated rings. The van der Waals surface area contributed by atoms with Crippen LogP contribution in [-0.2, 0) is 6.42 Å². The van der Waals surface area contributed by atoms with Crippen LogP contribution in [-0.4, -0.2) is 43.5 Å². The number of hydrogen-bond donors (Lipinski definition) is 1. The van der Waals surface area contributed by atoms with E-state index < -0.39 is 0 Å². The number of nitrogens with zero attached hydrogens (tertiary/aromatic N) is 1. The molecule has 0 saturated carbocycles. The normalized spacial score (nSPS) is 17.8. The first-order valence-electron chi connectivity index (χ1n) is 7.37. The van der Waals surface area contributed by atoms with Crippen molar-refractivity contribution in [1.29, 1.82) is 0 Å². The number of methoxy groups -OCH3 is 2. The standard InChI is InChI=1S/C16H25NO3/c1-19-14-8-6-13(12-15(14)20-2)7-9-16(18)17-10-4-3-5-11-17/h6,8,12,16,18H,3-5,7,9-11H2,1-2H3. The second-order valence-corrected chi connectivity index (χ2v) is 5.31. The van der Waals surface area contributed by atoms with Gasteiger partial charge in [-0.15, -0.1) is 0 Å². The summed E-state index contributed by atoms with van der Waals surface area (Å²) in [6.07, 6.45) is 4.97. The molecular weight excluding hydrogens is 254 g/mol. The molecule has 0 aliphatic carbocycles. The molecule has 112 valence electrons. The Morgan fingerprint density at radius 1 is 1.10 bits per heavy atom. The summed E-state index contributed by atoms with van der Waals surface area (Å²) in [4.78, 5) is 2.18. The number of piperidine rings is 1. The number of hydrogen-bond acceptors (Lipinski definition) is 4. The van der Waals surface area contributed by atoms with Gasteiger partial charge < -0.3 is 14.6 Å². The number of aliphatic hydroxyl groups excluding tert-OH is 1. The number of rotatable bonds is 6. The maximum Gasteiger partial charge on any atom is 0.160 e. The van der Waals surface area contributed by atoms with Crippen molar-refractivity contribution in [2.24, 2.45) is 0 Å². The van der Waals surface area contributed by atoms with Crippen LogP contribution in [0.3, 0.4) is 0 Å². The predicted molar refractivity (Wildman–Crippen MR) is 79.3 cm³/mol. The third-order valence-corrected chi connectivity index (χ3v) is 3.95. The van der Waals surface area contributed by atoms with Gasteiger partial charge in [0, 0.05) is 13.1 Å². The van der Waals surface area contributed by atoms with Crippen LogP contribution in [0.15, 0.2) is 18.2 Å². The summed E-state index contributed by atoms with van der Waals surface area (Å²) in [5.41, 5.74) is 1.17. The molecule has 4 heteroatoms. The molecule has 1 atom stereocenters. The van der Waals surface area contributed by atoms with E-state index in [9.17, 15) is 5.11 Å². The van der Waals surface area contributed by atoms with Crippen molar-refractivity contribution in [3.8, 4) is 11.5 Å². The molecule has 1 saturated heterocycles. The van der Waals surface area contributed by atoms with Crippen LogP contribution in [0.25, 0.3) is 0 Å². The molecule has 1 aliphatic heterocycles.